The van der Waals surface area contributed by atoms with Gasteiger partial charge in [0.05, 0.1) is 26.2 Å². The summed E-state index contributed by atoms with van der Waals surface area (Å²) in [5.41, 5.74) is 2.11. The summed E-state index contributed by atoms with van der Waals surface area (Å²) in [6, 6.07) is 14.3. The van der Waals surface area contributed by atoms with Gasteiger partial charge in [0, 0.05) is 11.6 Å². The highest BCUT2D eigenvalue weighted by molar-refractivity contribution is 5.93. The van der Waals surface area contributed by atoms with Crippen LogP contribution in [0, 0.1) is 0 Å². The van der Waals surface area contributed by atoms with E-state index in [1.807, 2.05) is 29.3 Å². The van der Waals surface area contributed by atoms with Crippen LogP contribution in [0.1, 0.15) is 15.9 Å². The molecule has 1 amide bonds. The van der Waals surface area contributed by atoms with Crippen molar-refractivity contribution in [3.05, 3.63) is 66.0 Å². The van der Waals surface area contributed by atoms with Gasteiger partial charge in [0.1, 0.15) is 12.1 Å². The van der Waals surface area contributed by atoms with Crippen molar-refractivity contribution in [1.29, 1.82) is 0 Å². The second-order valence-electron chi connectivity index (χ2n) is 5.50. The van der Waals surface area contributed by atoms with E-state index in [0.29, 0.717) is 0 Å². The largest absolute Gasteiger partial charge is 1.00 e. The molecule has 3 rings (SSSR count). The number of hydrogen-bond acceptors (Lipinski definition) is 1. The van der Waals surface area contributed by atoms with Crippen LogP contribution in [0.25, 0.3) is 0 Å². The fourth-order valence-electron chi connectivity index (χ4n) is 2.80. The predicted octanol–water partition coefficient (Wildman–Crippen LogP) is -5.95. The number of hydrogen-bond donors (Lipinski definition) is 1. The third-order valence-electron chi connectivity index (χ3n) is 4.01. The Morgan fingerprint density at radius 2 is 1.74 bits per heavy atom. The van der Waals surface area contributed by atoms with Crippen molar-refractivity contribution in [3.8, 4) is 0 Å². The van der Waals surface area contributed by atoms with E-state index in [-0.39, 0.29) is 30.7 Å². The first-order valence-corrected chi connectivity index (χ1v) is 7.46. The molecule has 0 spiro atoms. The lowest BCUT2D eigenvalue weighted by atomic mass is 10.2. The number of rotatable bonds is 3. The SMILES string of the molecule is O=C(c1ccc[nH+]c1)N1CC[NH+](Cc2ccccc2)CC1.[Cl-].[Cl-]. The molecular formula is C17H21Cl2N3O. The molecule has 1 aromatic carbocycles. The molecule has 4 nitrogen and oxygen atoms in total. The van der Waals surface area contributed by atoms with Crippen LogP contribution in [0.15, 0.2) is 54.9 Å². The lowest BCUT2D eigenvalue weighted by Crippen LogP contribution is -3.13. The van der Waals surface area contributed by atoms with Gasteiger partial charge < -0.3 is 34.6 Å². The van der Waals surface area contributed by atoms with Gasteiger partial charge in [-0.05, 0) is 6.07 Å². The maximum Gasteiger partial charge on any atom is 0.260 e. The first-order chi connectivity index (χ1) is 10.3. The minimum Gasteiger partial charge on any atom is -1.00 e. The van der Waals surface area contributed by atoms with E-state index in [0.717, 1.165) is 38.3 Å². The van der Waals surface area contributed by atoms with Gasteiger partial charge >= 0.3 is 0 Å². The molecule has 2 heterocycles. The maximum atomic E-state index is 12.4. The molecule has 1 aliphatic heterocycles. The van der Waals surface area contributed by atoms with E-state index in [1.54, 1.807) is 11.1 Å². The van der Waals surface area contributed by atoms with Crippen LogP contribution in [-0.4, -0.2) is 37.0 Å². The van der Waals surface area contributed by atoms with Crippen LogP contribution in [0.5, 0.6) is 0 Å². The number of nitrogens with one attached hydrogen (secondary N) is 2. The molecule has 0 radical (unpaired) electrons. The van der Waals surface area contributed by atoms with Crippen molar-refractivity contribution < 1.29 is 39.5 Å². The first-order valence-electron chi connectivity index (χ1n) is 7.46. The monoisotopic (exact) mass is 353 g/mol. The molecule has 6 heteroatoms. The van der Waals surface area contributed by atoms with Crippen molar-refractivity contribution >= 4 is 5.91 Å². The Morgan fingerprint density at radius 1 is 1.04 bits per heavy atom. The average molecular weight is 354 g/mol. The van der Waals surface area contributed by atoms with Crippen molar-refractivity contribution in [2.45, 2.75) is 6.54 Å². The van der Waals surface area contributed by atoms with Crippen LogP contribution in [0.3, 0.4) is 0 Å². The summed E-state index contributed by atoms with van der Waals surface area (Å²) < 4.78 is 0. The van der Waals surface area contributed by atoms with Crippen molar-refractivity contribution in [1.82, 2.24) is 4.90 Å². The Bertz CT molecular complexity index is 587. The highest BCUT2D eigenvalue weighted by Crippen LogP contribution is 2.02. The number of benzene rings is 1. The second-order valence-corrected chi connectivity index (χ2v) is 5.50. The van der Waals surface area contributed by atoms with E-state index in [9.17, 15) is 4.79 Å². The van der Waals surface area contributed by atoms with Crippen molar-refractivity contribution in [3.63, 3.8) is 0 Å². The van der Waals surface area contributed by atoms with Crippen LogP contribution in [0.2, 0.25) is 0 Å². The van der Waals surface area contributed by atoms with E-state index in [2.05, 4.69) is 29.2 Å². The van der Waals surface area contributed by atoms with Crippen LogP contribution >= 0.6 is 0 Å². The maximum absolute atomic E-state index is 12.4. The van der Waals surface area contributed by atoms with Gasteiger partial charge in [-0.3, -0.25) is 4.79 Å². The topological polar surface area (TPSA) is 38.9 Å². The lowest BCUT2D eigenvalue weighted by Gasteiger charge is -2.32. The summed E-state index contributed by atoms with van der Waals surface area (Å²) in [5.74, 6) is 0.130. The number of quaternary nitrogens is 1. The molecule has 0 bridgehead atoms. The molecule has 1 fully saturated rings. The van der Waals surface area contributed by atoms with Gasteiger partial charge in [-0.15, -0.1) is 0 Å². The number of nitrogens with zero attached hydrogens (tertiary/aromatic N) is 1. The molecule has 0 atom stereocenters. The van der Waals surface area contributed by atoms with Gasteiger partial charge in [0.25, 0.3) is 5.91 Å². The molecular weight excluding hydrogens is 333 g/mol. The third-order valence-corrected chi connectivity index (χ3v) is 4.01. The first kappa shape index (κ1) is 19.4. The molecule has 1 aliphatic rings. The summed E-state index contributed by atoms with van der Waals surface area (Å²) in [4.78, 5) is 18.8. The number of aromatic nitrogens is 1. The van der Waals surface area contributed by atoms with Gasteiger partial charge in [-0.2, -0.15) is 0 Å². The van der Waals surface area contributed by atoms with Crippen LogP contribution in [-0.2, 0) is 6.54 Å². The van der Waals surface area contributed by atoms with Crippen molar-refractivity contribution in [2.75, 3.05) is 26.2 Å². The quantitative estimate of drug-likeness (QED) is 0.586. The van der Waals surface area contributed by atoms with E-state index < -0.39 is 0 Å². The Kier molecular flexibility index (Phi) is 8.03. The molecule has 1 aromatic heterocycles. The zero-order chi connectivity index (χ0) is 14.5. The van der Waals surface area contributed by atoms with Crippen molar-refractivity contribution in [2.24, 2.45) is 0 Å². The summed E-state index contributed by atoms with van der Waals surface area (Å²) in [5, 5.41) is 0. The van der Waals surface area contributed by atoms with Gasteiger partial charge in [0.2, 0.25) is 0 Å². The second kappa shape index (κ2) is 9.50. The van der Waals surface area contributed by atoms with E-state index in [1.165, 1.54) is 5.56 Å². The van der Waals surface area contributed by atoms with Crippen LogP contribution in [0.4, 0.5) is 0 Å². The molecule has 124 valence electrons. The van der Waals surface area contributed by atoms with Gasteiger partial charge in [-0.1, -0.05) is 30.3 Å². The minimum absolute atomic E-state index is 0. The highest BCUT2D eigenvalue weighted by atomic mass is 35.5. The molecule has 0 saturated carbocycles. The summed E-state index contributed by atoms with van der Waals surface area (Å²) >= 11 is 0. The zero-order valence-corrected chi connectivity index (χ0v) is 14.4. The molecule has 1 saturated heterocycles. The molecule has 23 heavy (non-hydrogen) atoms. The number of halogens is 2. The Labute approximate surface area is 149 Å². The summed E-state index contributed by atoms with van der Waals surface area (Å²) in [6.07, 6.45) is 3.59. The standard InChI is InChI=1S/C17H19N3O.2ClH/c21-17(16-7-4-8-18-13-16)20-11-9-19(10-12-20)14-15-5-2-1-3-6-15;;/h1-8,13H,9-12,14H2;2*1H. The summed E-state index contributed by atoms with van der Waals surface area (Å²) in [7, 11) is 0. The zero-order valence-electron chi connectivity index (χ0n) is 12.8. The Balaban J connectivity index is 0.00000132. The third kappa shape index (κ3) is 5.20. The van der Waals surface area contributed by atoms with E-state index in [4.69, 9.17) is 0 Å². The normalized spacial score (nSPS) is 14.5. The van der Waals surface area contributed by atoms with Gasteiger partial charge in [-0.25, -0.2) is 4.98 Å². The fraction of sp³-hybridized carbons (Fsp3) is 0.294. The Morgan fingerprint density at radius 3 is 2.35 bits per heavy atom. The Hall–Kier alpha value is -1.62. The number of carbonyl (C=O) groups excluding carboxylic acids is 1. The fourth-order valence-corrected chi connectivity index (χ4v) is 2.80. The predicted molar refractivity (Wildman–Crippen MR) is 79.7 cm³/mol. The molecule has 0 aliphatic carbocycles. The number of aromatic amines is 1. The number of piperazine rings is 1. The smallest absolute Gasteiger partial charge is 0.260 e. The molecule has 2 aromatic rings. The number of pyridine rings is 1. The number of carbonyl (C=O) groups is 1. The van der Waals surface area contributed by atoms with Crippen LogP contribution < -0.4 is 34.7 Å². The average Bonchev–Trinajstić information content (AvgIpc) is 2.57. The number of H-pyrrole nitrogens is 1. The van der Waals surface area contributed by atoms with Gasteiger partial charge in [0.15, 0.2) is 12.4 Å². The minimum atomic E-state index is 0. The van der Waals surface area contributed by atoms with E-state index >= 15 is 0 Å². The highest BCUT2D eigenvalue weighted by Gasteiger charge is 2.25. The molecule has 0 unspecified atom stereocenters. The lowest BCUT2D eigenvalue weighted by molar-refractivity contribution is -0.917. The molecule has 2 N–H and O–H groups in total. The summed E-state index contributed by atoms with van der Waals surface area (Å²) in [6.45, 7) is 4.72. The number of amides is 1.